The minimum absolute atomic E-state index is 0.0254. The number of anilines is 1. The minimum atomic E-state index is -4.48. The fraction of sp³-hybridized carbons (Fsp3) is 0.400. The number of hydrogen-bond acceptors (Lipinski definition) is 2. The fourth-order valence-corrected chi connectivity index (χ4v) is 2.69. The minimum Gasteiger partial charge on any atom is -0.296 e. The lowest BCUT2D eigenvalue weighted by molar-refractivity contribution is -0.138. The van der Waals surface area contributed by atoms with Gasteiger partial charge in [-0.3, -0.25) is 9.69 Å². The summed E-state index contributed by atoms with van der Waals surface area (Å²) < 4.78 is 38.0. The van der Waals surface area contributed by atoms with Gasteiger partial charge in [0, 0.05) is 28.5 Å². The molecular formula is C10H7Br2F3N2O. The molecule has 2 rings (SSSR count). The second-order valence-corrected chi connectivity index (χ2v) is 5.98. The van der Waals surface area contributed by atoms with Crippen molar-refractivity contribution < 1.29 is 18.0 Å². The van der Waals surface area contributed by atoms with Gasteiger partial charge in [0.25, 0.3) is 0 Å². The topological polar surface area (TPSA) is 33.2 Å². The summed E-state index contributed by atoms with van der Waals surface area (Å²) >= 11 is 6.07. The molecule has 0 saturated carbocycles. The SMILES string of the molecule is O=C1CC(Br)CN1c1cc(C(F)(F)F)c(Br)cn1. The molecule has 0 bridgehead atoms. The number of aromatic nitrogens is 1. The molecule has 1 fully saturated rings. The lowest BCUT2D eigenvalue weighted by atomic mass is 10.2. The van der Waals surface area contributed by atoms with Gasteiger partial charge in [-0.05, 0) is 22.0 Å². The van der Waals surface area contributed by atoms with Gasteiger partial charge in [0.2, 0.25) is 5.91 Å². The zero-order valence-electron chi connectivity index (χ0n) is 8.84. The van der Waals surface area contributed by atoms with Crippen molar-refractivity contribution in [2.24, 2.45) is 0 Å². The summed E-state index contributed by atoms with van der Waals surface area (Å²) in [6.07, 6.45) is -3.15. The molecule has 1 atom stereocenters. The first-order valence-electron chi connectivity index (χ1n) is 4.96. The van der Waals surface area contributed by atoms with Crippen LogP contribution >= 0.6 is 31.9 Å². The van der Waals surface area contributed by atoms with Gasteiger partial charge in [0.15, 0.2) is 0 Å². The molecule has 1 amide bonds. The Morgan fingerprint density at radius 2 is 2.11 bits per heavy atom. The Hall–Kier alpha value is -0.630. The Kier molecular flexibility index (Phi) is 3.68. The largest absolute Gasteiger partial charge is 0.417 e. The van der Waals surface area contributed by atoms with Crippen LogP contribution in [-0.2, 0) is 11.0 Å². The van der Waals surface area contributed by atoms with Crippen molar-refractivity contribution in [2.75, 3.05) is 11.4 Å². The van der Waals surface area contributed by atoms with E-state index in [1.54, 1.807) is 0 Å². The molecule has 2 heterocycles. The van der Waals surface area contributed by atoms with Crippen molar-refractivity contribution >= 4 is 43.6 Å². The van der Waals surface area contributed by atoms with Gasteiger partial charge < -0.3 is 0 Å². The van der Waals surface area contributed by atoms with E-state index in [0.717, 1.165) is 12.3 Å². The molecule has 1 unspecified atom stereocenters. The van der Waals surface area contributed by atoms with Crippen LogP contribution < -0.4 is 4.90 Å². The van der Waals surface area contributed by atoms with E-state index in [1.807, 2.05) is 0 Å². The summed E-state index contributed by atoms with van der Waals surface area (Å²) in [6.45, 7) is 0.324. The second-order valence-electron chi connectivity index (χ2n) is 3.83. The van der Waals surface area contributed by atoms with Crippen molar-refractivity contribution in [1.82, 2.24) is 4.98 Å². The number of rotatable bonds is 1. The molecule has 1 saturated heterocycles. The van der Waals surface area contributed by atoms with Crippen LogP contribution in [0.1, 0.15) is 12.0 Å². The van der Waals surface area contributed by atoms with Gasteiger partial charge in [0.1, 0.15) is 5.82 Å². The first-order chi connectivity index (χ1) is 8.29. The van der Waals surface area contributed by atoms with E-state index >= 15 is 0 Å². The highest BCUT2D eigenvalue weighted by Gasteiger charge is 2.36. The summed E-state index contributed by atoms with van der Waals surface area (Å²) in [5.74, 6) is -0.211. The van der Waals surface area contributed by atoms with E-state index < -0.39 is 11.7 Å². The number of halogens is 5. The van der Waals surface area contributed by atoms with Gasteiger partial charge in [-0.2, -0.15) is 13.2 Å². The van der Waals surface area contributed by atoms with Crippen LogP contribution in [0.25, 0.3) is 0 Å². The smallest absolute Gasteiger partial charge is 0.296 e. The lowest BCUT2D eigenvalue weighted by Crippen LogP contribution is -2.26. The Morgan fingerprint density at radius 3 is 2.61 bits per heavy atom. The Balaban J connectivity index is 2.39. The normalized spacial score (nSPS) is 20.6. The molecule has 18 heavy (non-hydrogen) atoms. The average Bonchev–Trinajstić information content (AvgIpc) is 2.57. The fourth-order valence-electron chi connectivity index (χ4n) is 1.68. The second kappa shape index (κ2) is 4.80. The maximum atomic E-state index is 12.7. The molecule has 1 aromatic rings. The van der Waals surface area contributed by atoms with E-state index in [1.165, 1.54) is 4.90 Å². The molecule has 98 valence electrons. The van der Waals surface area contributed by atoms with Gasteiger partial charge in [-0.1, -0.05) is 15.9 Å². The van der Waals surface area contributed by atoms with Crippen molar-refractivity contribution in [2.45, 2.75) is 17.4 Å². The quantitative estimate of drug-likeness (QED) is 0.692. The first-order valence-corrected chi connectivity index (χ1v) is 6.67. The molecule has 1 aliphatic rings. The van der Waals surface area contributed by atoms with Crippen molar-refractivity contribution in [3.05, 3.63) is 22.3 Å². The molecule has 0 aliphatic carbocycles. The number of nitrogens with zero attached hydrogens (tertiary/aromatic N) is 2. The van der Waals surface area contributed by atoms with Gasteiger partial charge in [-0.15, -0.1) is 0 Å². The highest BCUT2D eigenvalue weighted by molar-refractivity contribution is 9.10. The Labute approximate surface area is 118 Å². The Bertz CT molecular complexity index is 493. The van der Waals surface area contributed by atoms with Crippen molar-refractivity contribution in [1.29, 1.82) is 0 Å². The summed E-state index contributed by atoms with van der Waals surface area (Å²) in [7, 11) is 0. The molecule has 8 heteroatoms. The Morgan fingerprint density at radius 1 is 1.44 bits per heavy atom. The lowest BCUT2D eigenvalue weighted by Gasteiger charge is -2.17. The van der Waals surface area contributed by atoms with Gasteiger partial charge in [-0.25, -0.2) is 4.98 Å². The van der Waals surface area contributed by atoms with E-state index in [2.05, 4.69) is 36.8 Å². The molecule has 0 aromatic carbocycles. The van der Waals surface area contributed by atoms with E-state index in [4.69, 9.17) is 0 Å². The standard InChI is InChI=1S/C10H7Br2F3N2O/c11-5-1-9(18)17(4-5)8-2-6(10(13,14)15)7(12)3-16-8/h2-3,5H,1,4H2. The van der Waals surface area contributed by atoms with Crippen LogP contribution in [0.2, 0.25) is 0 Å². The summed E-state index contributed by atoms with van der Waals surface area (Å²) in [6, 6.07) is 0.882. The summed E-state index contributed by atoms with van der Waals surface area (Å²) in [5.41, 5.74) is -0.835. The monoisotopic (exact) mass is 386 g/mol. The van der Waals surface area contributed by atoms with E-state index in [0.29, 0.717) is 6.54 Å². The molecule has 0 spiro atoms. The van der Waals surface area contributed by atoms with E-state index in [-0.39, 0.29) is 27.4 Å². The number of carbonyl (C=O) groups excluding carboxylic acids is 1. The third-order valence-corrected chi connectivity index (χ3v) is 3.75. The predicted octanol–water partition coefficient (Wildman–Crippen LogP) is 3.36. The number of amides is 1. The number of carbonyl (C=O) groups is 1. The summed E-state index contributed by atoms with van der Waals surface area (Å²) in [4.78, 5) is 16.7. The average molecular weight is 388 g/mol. The van der Waals surface area contributed by atoms with Gasteiger partial charge >= 0.3 is 6.18 Å². The van der Waals surface area contributed by atoms with Crippen LogP contribution in [0, 0.1) is 0 Å². The highest BCUT2D eigenvalue weighted by Crippen LogP contribution is 2.37. The number of hydrogen-bond donors (Lipinski definition) is 0. The molecule has 1 aliphatic heterocycles. The molecular weight excluding hydrogens is 381 g/mol. The molecule has 0 radical (unpaired) electrons. The van der Waals surface area contributed by atoms with Crippen LogP contribution in [0.3, 0.4) is 0 Å². The zero-order valence-corrected chi connectivity index (χ0v) is 12.0. The van der Waals surface area contributed by atoms with Gasteiger partial charge in [0.05, 0.1) is 5.56 Å². The van der Waals surface area contributed by atoms with Crippen LogP contribution in [0.4, 0.5) is 19.0 Å². The van der Waals surface area contributed by atoms with Crippen LogP contribution in [0.15, 0.2) is 16.7 Å². The van der Waals surface area contributed by atoms with Crippen LogP contribution in [-0.4, -0.2) is 22.3 Å². The summed E-state index contributed by atoms with van der Waals surface area (Å²) in [5, 5.41) is 0. The van der Waals surface area contributed by atoms with Crippen molar-refractivity contribution in [3.8, 4) is 0 Å². The molecule has 3 nitrogen and oxygen atoms in total. The third kappa shape index (κ3) is 2.69. The zero-order chi connectivity index (χ0) is 13.5. The van der Waals surface area contributed by atoms with Crippen LogP contribution in [0.5, 0.6) is 0 Å². The predicted molar refractivity (Wildman–Crippen MR) is 66.6 cm³/mol. The van der Waals surface area contributed by atoms with Crippen molar-refractivity contribution in [3.63, 3.8) is 0 Å². The number of alkyl halides is 4. The molecule has 1 aromatic heterocycles. The van der Waals surface area contributed by atoms with E-state index in [9.17, 15) is 18.0 Å². The first kappa shape index (κ1) is 13.8. The number of pyridine rings is 1. The molecule has 0 N–H and O–H groups in total. The maximum Gasteiger partial charge on any atom is 0.417 e. The third-order valence-electron chi connectivity index (χ3n) is 2.50. The maximum absolute atomic E-state index is 12.7. The highest BCUT2D eigenvalue weighted by atomic mass is 79.9.